The van der Waals surface area contributed by atoms with Crippen LogP contribution in [0.15, 0.2) is 18.2 Å². The van der Waals surface area contributed by atoms with Crippen molar-refractivity contribution in [2.75, 3.05) is 0 Å². The van der Waals surface area contributed by atoms with E-state index in [-0.39, 0.29) is 12.8 Å². The topological polar surface area (TPSA) is 83.5 Å². The number of carboxylic acids is 1. The van der Waals surface area contributed by atoms with Crippen LogP contribution >= 0.6 is 0 Å². The molecular formula is C11H9NO4. The third kappa shape index (κ3) is 1.67. The lowest BCUT2D eigenvalue weighted by molar-refractivity contribution is -0.136. The standard InChI is InChI=1S/C11H9NO4/c13-8(14)5-4-6-2-1-3-7-9(6)11(16)12-10(7)15/h1-3H,4-5H2,(H,13,14)(H,12,15,16). The summed E-state index contributed by atoms with van der Waals surface area (Å²) in [6.07, 6.45) is 0.192. The molecule has 0 unspecified atom stereocenters. The highest BCUT2D eigenvalue weighted by Gasteiger charge is 2.28. The van der Waals surface area contributed by atoms with Crippen molar-refractivity contribution in [2.45, 2.75) is 12.8 Å². The molecule has 0 aliphatic carbocycles. The Morgan fingerprint density at radius 1 is 1.25 bits per heavy atom. The maximum Gasteiger partial charge on any atom is 0.303 e. The molecule has 0 saturated carbocycles. The van der Waals surface area contributed by atoms with Gasteiger partial charge in [0.1, 0.15) is 0 Å². The molecule has 0 spiro atoms. The Bertz CT molecular complexity index is 493. The first kappa shape index (κ1) is 10.4. The predicted octanol–water partition coefficient (Wildman–Crippen LogP) is 0.587. The molecule has 0 aromatic heterocycles. The van der Waals surface area contributed by atoms with Gasteiger partial charge in [0.25, 0.3) is 11.8 Å². The second-order valence-electron chi connectivity index (χ2n) is 3.52. The Kier molecular flexibility index (Phi) is 2.44. The van der Waals surface area contributed by atoms with Crippen LogP contribution in [0.25, 0.3) is 0 Å². The Balaban J connectivity index is 2.37. The van der Waals surface area contributed by atoms with Gasteiger partial charge in [0.2, 0.25) is 0 Å². The zero-order valence-electron chi connectivity index (χ0n) is 8.32. The molecule has 2 amide bonds. The maximum atomic E-state index is 11.5. The molecule has 0 atom stereocenters. The number of rotatable bonds is 3. The van der Waals surface area contributed by atoms with E-state index >= 15 is 0 Å². The summed E-state index contributed by atoms with van der Waals surface area (Å²) in [4.78, 5) is 33.2. The number of aliphatic carboxylic acids is 1. The van der Waals surface area contributed by atoms with Crippen LogP contribution in [0, 0.1) is 0 Å². The van der Waals surface area contributed by atoms with Gasteiger partial charge < -0.3 is 5.11 Å². The average Bonchev–Trinajstić information content (AvgIpc) is 2.52. The minimum absolute atomic E-state index is 0.0576. The minimum atomic E-state index is -0.928. The van der Waals surface area contributed by atoms with Crippen molar-refractivity contribution in [2.24, 2.45) is 0 Å². The second-order valence-corrected chi connectivity index (χ2v) is 3.52. The van der Waals surface area contributed by atoms with E-state index in [2.05, 4.69) is 5.32 Å². The summed E-state index contributed by atoms with van der Waals surface area (Å²) < 4.78 is 0. The van der Waals surface area contributed by atoms with Crippen LogP contribution in [0.2, 0.25) is 0 Å². The van der Waals surface area contributed by atoms with Gasteiger partial charge in [0.15, 0.2) is 0 Å². The number of imide groups is 1. The van der Waals surface area contributed by atoms with Gasteiger partial charge in [0.05, 0.1) is 11.1 Å². The molecule has 5 nitrogen and oxygen atoms in total. The zero-order valence-corrected chi connectivity index (χ0v) is 8.32. The van der Waals surface area contributed by atoms with Crippen molar-refractivity contribution in [3.05, 3.63) is 34.9 Å². The molecule has 1 aromatic carbocycles. The fourth-order valence-corrected chi connectivity index (χ4v) is 1.74. The van der Waals surface area contributed by atoms with Crippen LogP contribution in [0.3, 0.4) is 0 Å². The van der Waals surface area contributed by atoms with E-state index in [9.17, 15) is 14.4 Å². The van der Waals surface area contributed by atoms with Gasteiger partial charge in [-0.3, -0.25) is 19.7 Å². The van der Waals surface area contributed by atoms with E-state index < -0.39 is 17.8 Å². The van der Waals surface area contributed by atoms with Crippen LogP contribution in [0.1, 0.15) is 32.7 Å². The van der Waals surface area contributed by atoms with Crippen molar-refractivity contribution in [3.8, 4) is 0 Å². The molecule has 1 heterocycles. The van der Waals surface area contributed by atoms with E-state index in [1.807, 2.05) is 0 Å². The van der Waals surface area contributed by atoms with E-state index in [0.29, 0.717) is 16.7 Å². The van der Waals surface area contributed by atoms with Gasteiger partial charge in [0, 0.05) is 6.42 Å². The number of carbonyl (C=O) groups excluding carboxylic acids is 2. The lowest BCUT2D eigenvalue weighted by Gasteiger charge is -2.03. The number of benzene rings is 1. The summed E-state index contributed by atoms with van der Waals surface area (Å²) in [5.74, 6) is -1.79. The first-order valence-corrected chi connectivity index (χ1v) is 4.79. The molecule has 0 fully saturated rings. The van der Waals surface area contributed by atoms with Crippen molar-refractivity contribution in [1.82, 2.24) is 5.32 Å². The monoisotopic (exact) mass is 219 g/mol. The average molecular weight is 219 g/mol. The molecule has 0 radical (unpaired) electrons. The summed E-state index contributed by atoms with van der Waals surface area (Å²) in [6.45, 7) is 0. The molecule has 5 heteroatoms. The molecule has 2 rings (SSSR count). The summed E-state index contributed by atoms with van der Waals surface area (Å²) in [7, 11) is 0. The van der Waals surface area contributed by atoms with Crippen LogP contribution in [0.4, 0.5) is 0 Å². The van der Waals surface area contributed by atoms with Gasteiger partial charge in [-0.15, -0.1) is 0 Å². The van der Waals surface area contributed by atoms with Gasteiger partial charge >= 0.3 is 5.97 Å². The fraction of sp³-hybridized carbons (Fsp3) is 0.182. The molecule has 82 valence electrons. The Morgan fingerprint density at radius 3 is 2.69 bits per heavy atom. The number of fused-ring (bicyclic) bond motifs is 1. The normalized spacial score (nSPS) is 13.5. The highest BCUT2D eigenvalue weighted by molar-refractivity contribution is 6.22. The minimum Gasteiger partial charge on any atom is -0.481 e. The third-order valence-electron chi connectivity index (χ3n) is 2.46. The highest BCUT2D eigenvalue weighted by Crippen LogP contribution is 2.21. The van der Waals surface area contributed by atoms with Crippen LogP contribution in [0.5, 0.6) is 0 Å². The predicted molar refractivity (Wildman–Crippen MR) is 54.2 cm³/mol. The number of carbonyl (C=O) groups is 3. The Hall–Kier alpha value is -2.17. The lowest BCUT2D eigenvalue weighted by Crippen LogP contribution is -2.20. The van der Waals surface area contributed by atoms with Crippen molar-refractivity contribution in [1.29, 1.82) is 0 Å². The molecule has 1 aliphatic rings. The largest absolute Gasteiger partial charge is 0.481 e. The molecule has 16 heavy (non-hydrogen) atoms. The summed E-state index contributed by atoms with van der Waals surface area (Å²) in [5.41, 5.74) is 1.24. The maximum absolute atomic E-state index is 11.5. The van der Waals surface area contributed by atoms with Gasteiger partial charge in [-0.1, -0.05) is 12.1 Å². The van der Waals surface area contributed by atoms with Crippen molar-refractivity contribution < 1.29 is 19.5 Å². The Labute approximate surface area is 91.1 Å². The number of aryl methyl sites for hydroxylation is 1. The van der Waals surface area contributed by atoms with Crippen LogP contribution < -0.4 is 5.32 Å². The third-order valence-corrected chi connectivity index (χ3v) is 2.46. The molecular weight excluding hydrogens is 210 g/mol. The lowest BCUT2D eigenvalue weighted by atomic mass is 9.99. The zero-order chi connectivity index (χ0) is 11.7. The highest BCUT2D eigenvalue weighted by atomic mass is 16.4. The fourth-order valence-electron chi connectivity index (χ4n) is 1.74. The number of carboxylic acid groups (broad SMARTS) is 1. The molecule has 2 N–H and O–H groups in total. The van der Waals surface area contributed by atoms with Gasteiger partial charge in [-0.25, -0.2) is 0 Å². The SMILES string of the molecule is O=C(O)CCc1cccc2c1C(=O)NC2=O. The van der Waals surface area contributed by atoms with Crippen molar-refractivity contribution in [3.63, 3.8) is 0 Å². The summed E-state index contributed by atoms with van der Waals surface area (Å²) in [6, 6.07) is 4.87. The van der Waals surface area contributed by atoms with Gasteiger partial charge in [-0.05, 0) is 18.1 Å². The number of hydrogen-bond acceptors (Lipinski definition) is 3. The number of hydrogen-bond donors (Lipinski definition) is 2. The van der Waals surface area contributed by atoms with E-state index in [4.69, 9.17) is 5.11 Å². The van der Waals surface area contributed by atoms with Crippen LogP contribution in [-0.4, -0.2) is 22.9 Å². The molecule has 1 aromatic rings. The van der Waals surface area contributed by atoms with E-state index in [1.165, 1.54) is 0 Å². The molecule has 0 bridgehead atoms. The summed E-state index contributed by atoms with van der Waals surface area (Å²) in [5, 5.41) is 10.8. The second kappa shape index (κ2) is 3.77. The quantitative estimate of drug-likeness (QED) is 0.728. The number of amides is 2. The Morgan fingerprint density at radius 2 is 2.00 bits per heavy atom. The smallest absolute Gasteiger partial charge is 0.303 e. The van der Waals surface area contributed by atoms with Gasteiger partial charge in [-0.2, -0.15) is 0 Å². The van der Waals surface area contributed by atoms with E-state index in [0.717, 1.165) is 0 Å². The van der Waals surface area contributed by atoms with E-state index in [1.54, 1.807) is 18.2 Å². The molecule has 1 aliphatic heterocycles. The first-order chi connectivity index (χ1) is 7.59. The van der Waals surface area contributed by atoms with Crippen molar-refractivity contribution >= 4 is 17.8 Å². The first-order valence-electron chi connectivity index (χ1n) is 4.79. The van der Waals surface area contributed by atoms with Crippen LogP contribution in [-0.2, 0) is 11.2 Å². The number of nitrogens with one attached hydrogen (secondary N) is 1. The molecule has 0 saturated heterocycles. The summed E-state index contributed by atoms with van der Waals surface area (Å²) >= 11 is 0.